The molecule has 1 atom stereocenters. The van der Waals surface area contributed by atoms with E-state index >= 15 is 0 Å². The summed E-state index contributed by atoms with van der Waals surface area (Å²) < 4.78 is 0. The second-order valence-electron chi connectivity index (χ2n) is 18.6. The zero-order valence-corrected chi connectivity index (χ0v) is 37.5. The number of para-hydroxylation sites is 1. The van der Waals surface area contributed by atoms with Crippen LogP contribution in [0.5, 0.6) is 0 Å². The van der Waals surface area contributed by atoms with Gasteiger partial charge in [0.05, 0.1) is 5.69 Å². The lowest BCUT2D eigenvalue weighted by molar-refractivity contribution is 0.662. The molecule has 0 aliphatic heterocycles. The molecule has 0 bridgehead atoms. The lowest BCUT2D eigenvalue weighted by Gasteiger charge is -2.32. The zero-order chi connectivity index (χ0) is 44.4. The topological polar surface area (TPSA) is 3.24 Å². The SMILES string of the molecule is CC1(C)c2ccccc2-c2cccc(-c3cccc(N(c4ccc5c(c4)C(C)(c4ccccc4)c4ccccc4-5)c4ccccc4-c4ccc(-c5ccc(-c6ccccc6)cc5)cc4)c3)c21. The number of fused-ring (bicyclic) bond motifs is 6. The van der Waals surface area contributed by atoms with Crippen LogP contribution in [0.15, 0.2) is 243 Å². The summed E-state index contributed by atoms with van der Waals surface area (Å²) in [6.07, 6.45) is 0. The molecule has 0 spiro atoms. The maximum atomic E-state index is 2.49. The first-order chi connectivity index (χ1) is 32.4. The third-order valence-corrected chi connectivity index (χ3v) is 14.6. The van der Waals surface area contributed by atoms with Gasteiger partial charge in [-0.05, 0) is 126 Å². The van der Waals surface area contributed by atoms with Crippen LogP contribution in [0.25, 0.3) is 66.8 Å². The fraction of sp³-hybridized carbons (Fsp3) is 0.0769. The number of anilines is 3. The highest BCUT2D eigenvalue weighted by atomic mass is 15.1. The maximum absolute atomic E-state index is 2.49. The minimum absolute atomic E-state index is 0.141. The second kappa shape index (κ2) is 15.6. The second-order valence-corrected chi connectivity index (χ2v) is 18.6. The highest BCUT2D eigenvalue weighted by molar-refractivity contribution is 5.94. The first kappa shape index (κ1) is 39.6. The van der Waals surface area contributed by atoms with Gasteiger partial charge < -0.3 is 4.90 Å². The molecule has 1 unspecified atom stereocenters. The lowest BCUT2D eigenvalue weighted by Crippen LogP contribution is -2.23. The quantitative estimate of drug-likeness (QED) is 0.147. The monoisotopic (exact) mass is 843 g/mol. The Morgan fingerprint density at radius 2 is 0.758 bits per heavy atom. The van der Waals surface area contributed by atoms with Crippen molar-refractivity contribution in [3.63, 3.8) is 0 Å². The van der Waals surface area contributed by atoms with E-state index < -0.39 is 0 Å². The van der Waals surface area contributed by atoms with Gasteiger partial charge in [0.2, 0.25) is 0 Å². The van der Waals surface area contributed by atoms with Gasteiger partial charge in [-0.2, -0.15) is 0 Å². The van der Waals surface area contributed by atoms with Gasteiger partial charge >= 0.3 is 0 Å². The fourth-order valence-corrected chi connectivity index (χ4v) is 11.3. The van der Waals surface area contributed by atoms with E-state index in [1.807, 2.05) is 0 Å². The number of nitrogens with zero attached hydrogens (tertiary/aromatic N) is 1. The van der Waals surface area contributed by atoms with Gasteiger partial charge in [0.25, 0.3) is 0 Å². The normalized spacial score (nSPS) is 15.1. The van der Waals surface area contributed by atoms with Gasteiger partial charge in [-0.25, -0.2) is 0 Å². The third-order valence-electron chi connectivity index (χ3n) is 14.6. The Kier molecular flexibility index (Phi) is 9.36. The van der Waals surface area contributed by atoms with Crippen LogP contribution in [0.1, 0.15) is 48.6 Å². The Hall–Kier alpha value is -8.00. The van der Waals surface area contributed by atoms with E-state index in [-0.39, 0.29) is 10.8 Å². The molecule has 2 aliphatic carbocycles. The minimum Gasteiger partial charge on any atom is -0.310 e. The van der Waals surface area contributed by atoms with Crippen LogP contribution >= 0.6 is 0 Å². The summed E-state index contributed by atoms with van der Waals surface area (Å²) in [6, 6.07) is 89.7. The van der Waals surface area contributed by atoms with Crippen molar-refractivity contribution < 1.29 is 0 Å². The Labute approximate surface area is 389 Å². The molecule has 0 aromatic heterocycles. The van der Waals surface area contributed by atoms with Crippen LogP contribution < -0.4 is 4.90 Å². The molecule has 0 N–H and O–H groups in total. The Balaban J connectivity index is 1.01. The molecular weight excluding hydrogens is 795 g/mol. The van der Waals surface area contributed by atoms with Crippen LogP contribution in [0, 0.1) is 0 Å². The van der Waals surface area contributed by atoms with Crippen LogP contribution in [0.2, 0.25) is 0 Å². The molecule has 0 fully saturated rings. The minimum atomic E-state index is -0.337. The summed E-state index contributed by atoms with van der Waals surface area (Å²) in [6.45, 7) is 7.16. The van der Waals surface area contributed by atoms with Crippen molar-refractivity contribution in [2.45, 2.75) is 31.6 Å². The average molecular weight is 844 g/mol. The van der Waals surface area contributed by atoms with Gasteiger partial charge in [-0.15, -0.1) is 0 Å². The summed E-state index contributed by atoms with van der Waals surface area (Å²) in [5, 5.41) is 0. The van der Waals surface area contributed by atoms with E-state index in [4.69, 9.17) is 0 Å². The summed E-state index contributed by atoms with van der Waals surface area (Å²) >= 11 is 0. The van der Waals surface area contributed by atoms with Crippen molar-refractivity contribution in [3.05, 3.63) is 270 Å². The van der Waals surface area contributed by atoms with Crippen molar-refractivity contribution in [2.75, 3.05) is 4.90 Å². The average Bonchev–Trinajstić information content (AvgIpc) is 3.78. The predicted molar refractivity (Wildman–Crippen MR) is 278 cm³/mol. The highest BCUT2D eigenvalue weighted by Gasteiger charge is 2.41. The standard InChI is InChI=1S/C65H49N/c1-64(2)59-29-13-10-26-56(59)58-28-17-27-54(63(58)64)49-20-16-23-51(42-49)66(52-40-41-57-55-25-11-14-30-60(55)65(3,61(57)43-52)50-21-8-5-9-22-50)62-31-15-12-24-53(62)48-38-36-47(37-39-48)46-34-32-45(33-35-46)44-18-6-4-7-19-44/h4-43H,1-3H3. The molecule has 0 saturated heterocycles. The van der Waals surface area contributed by atoms with Crippen molar-refractivity contribution in [1.82, 2.24) is 0 Å². The predicted octanol–water partition coefficient (Wildman–Crippen LogP) is 17.5. The Bertz CT molecular complexity index is 3430. The van der Waals surface area contributed by atoms with E-state index in [0.29, 0.717) is 0 Å². The van der Waals surface area contributed by atoms with Gasteiger partial charge in [0, 0.05) is 27.8 Å². The van der Waals surface area contributed by atoms with Crippen molar-refractivity contribution >= 4 is 17.1 Å². The molecule has 10 aromatic rings. The molecule has 0 amide bonds. The first-order valence-electron chi connectivity index (χ1n) is 23.2. The van der Waals surface area contributed by atoms with Crippen LogP contribution in [-0.2, 0) is 10.8 Å². The molecule has 1 heteroatoms. The van der Waals surface area contributed by atoms with Crippen LogP contribution in [-0.4, -0.2) is 0 Å². The van der Waals surface area contributed by atoms with Gasteiger partial charge in [0.15, 0.2) is 0 Å². The van der Waals surface area contributed by atoms with E-state index in [1.165, 1.54) is 94.6 Å². The van der Waals surface area contributed by atoms with Gasteiger partial charge in [-0.1, -0.05) is 226 Å². The molecule has 0 saturated carbocycles. The molecule has 66 heavy (non-hydrogen) atoms. The van der Waals surface area contributed by atoms with Gasteiger partial charge in [-0.3, -0.25) is 0 Å². The smallest absolute Gasteiger partial charge is 0.0540 e. The first-order valence-corrected chi connectivity index (χ1v) is 23.2. The zero-order valence-electron chi connectivity index (χ0n) is 37.5. The van der Waals surface area contributed by atoms with E-state index in [2.05, 4.69) is 268 Å². The molecule has 0 radical (unpaired) electrons. The molecule has 314 valence electrons. The molecule has 1 nitrogen and oxygen atoms in total. The molecule has 2 aliphatic rings. The molecule has 12 rings (SSSR count). The summed E-state index contributed by atoms with van der Waals surface area (Å²) in [4.78, 5) is 2.49. The summed E-state index contributed by atoms with van der Waals surface area (Å²) in [7, 11) is 0. The van der Waals surface area contributed by atoms with Crippen LogP contribution in [0.3, 0.4) is 0 Å². The molecule has 0 heterocycles. The lowest BCUT2D eigenvalue weighted by atomic mass is 9.74. The Morgan fingerprint density at radius 3 is 1.45 bits per heavy atom. The summed E-state index contributed by atoms with van der Waals surface area (Å²) in [5.74, 6) is 0. The highest BCUT2D eigenvalue weighted by Crippen LogP contribution is 2.55. The number of benzene rings is 10. The van der Waals surface area contributed by atoms with E-state index in [1.54, 1.807) is 0 Å². The van der Waals surface area contributed by atoms with E-state index in [0.717, 1.165) is 17.1 Å². The largest absolute Gasteiger partial charge is 0.310 e. The van der Waals surface area contributed by atoms with Crippen LogP contribution in [0.4, 0.5) is 17.1 Å². The van der Waals surface area contributed by atoms with Crippen molar-refractivity contribution in [2.24, 2.45) is 0 Å². The number of hydrogen-bond acceptors (Lipinski definition) is 1. The summed E-state index contributed by atoms with van der Waals surface area (Å²) in [5.41, 5.74) is 24.5. The van der Waals surface area contributed by atoms with E-state index in [9.17, 15) is 0 Å². The number of hydrogen-bond donors (Lipinski definition) is 0. The van der Waals surface area contributed by atoms with Crippen molar-refractivity contribution in [3.8, 4) is 66.8 Å². The third kappa shape index (κ3) is 6.30. The van der Waals surface area contributed by atoms with Crippen molar-refractivity contribution in [1.29, 1.82) is 0 Å². The molecule has 10 aromatic carbocycles. The van der Waals surface area contributed by atoms with Gasteiger partial charge in [0.1, 0.15) is 0 Å². The molecular formula is C65H49N. The Morgan fingerprint density at radius 1 is 0.288 bits per heavy atom. The fourth-order valence-electron chi connectivity index (χ4n) is 11.3. The number of rotatable bonds is 8. The maximum Gasteiger partial charge on any atom is 0.0540 e.